The van der Waals surface area contributed by atoms with Gasteiger partial charge in [0, 0.05) is 5.56 Å². The van der Waals surface area contributed by atoms with Crippen molar-refractivity contribution in [3.63, 3.8) is 0 Å². The van der Waals surface area contributed by atoms with Crippen LogP contribution in [0.4, 0.5) is 8.78 Å². The van der Waals surface area contributed by atoms with Crippen molar-refractivity contribution in [3.05, 3.63) is 42.1 Å². The monoisotopic (exact) mass is 393 g/mol. The second kappa shape index (κ2) is 7.75. The summed E-state index contributed by atoms with van der Waals surface area (Å²) in [5.41, 5.74) is 3.24. The fourth-order valence-corrected chi connectivity index (χ4v) is 3.46. The van der Waals surface area contributed by atoms with Gasteiger partial charge in [0.25, 0.3) is 5.89 Å². The first-order valence-electron chi connectivity index (χ1n) is 9.23. The Kier molecular flexibility index (Phi) is 5.17. The van der Waals surface area contributed by atoms with E-state index >= 15 is 0 Å². The topological polar surface area (TPSA) is 78.6 Å². The summed E-state index contributed by atoms with van der Waals surface area (Å²) in [6.45, 7) is -1.15. The third-order valence-electron chi connectivity index (χ3n) is 4.89. The molecule has 150 valence electrons. The van der Waals surface area contributed by atoms with Crippen molar-refractivity contribution in [2.45, 2.75) is 57.3 Å². The van der Waals surface area contributed by atoms with Crippen LogP contribution in [0.1, 0.15) is 50.5 Å². The van der Waals surface area contributed by atoms with Gasteiger partial charge in [0.1, 0.15) is 0 Å². The third kappa shape index (κ3) is 3.94. The summed E-state index contributed by atoms with van der Waals surface area (Å²) in [4.78, 5) is 5.61. The zero-order valence-corrected chi connectivity index (χ0v) is 15.4. The molecule has 9 heteroatoms. The number of ether oxygens (including phenoxy) is 2. The lowest BCUT2D eigenvalue weighted by Gasteiger charge is -2.24. The number of nitrogens with zero attached hydrogens (tertiary/aromatic N) is 2. The molecule has 28 heavy (non-hydrogen) atoms. The summed E-state index contributed by atoms with van der Waals surface area (Å²) in [7, 11) is 0. The molecular weight excluding hydrogens is 372 g/mol. The molecule has 1 aromatic carbocycles. The van der Waals surface area contributed by atoms with Gasteiger partial charge in [-0.05, 0) is 56.9 Å². The van der Waals surface area contributed by atoms with E-state index in [0.29, 0.717) is 22.9 Å². The predicted octanol–water partition coefficient (Wildman–Crippen LogP) is 4.17. The van der Waals surface area contributed by atoms with Crippen LogP contribution in [0.25, 0.3) is 5.70 Å². The Balaban J connectivity index is 1.61. The molecule has 0 saturated heterocycles. The minimum absolute atomic E-state index is 0.00514. The van der Waals surface area contributed by atoms with Crippen LogP contribution < -0.4 is 15.0 Å². The van der Waals surface area contributed by atoms with Crippen molar-refractivity contribution >= 4 is 5.70 Å². The minimum Gasteiger partial charge on any atom is -0.487 e. The molecule has 0 bridgehead atoms. The minimum atomic E-state index is -2.92. The molecule has 0 spiro atoms. The maximum atomic E-state index is 12.8. The second-order valence-corrected chi connectivity index (χ2v) is 7.03. The van der Waals surface area contributed by atoms with E-state index in [9.17, 15) is 8.78 Å². The van der Waals surface area contributed by atoms with Crippen LogP contribution in [0.5, 0.6) is 11.5 Å². The van der Waals surface area contributed by atoms with Crippen LogP contribution in [-0.4, -0.2) is 22.9 Å². The Morgan fingerprint density at radius 1 is 1.21 bits per heavy atom. The number of alkyl halides is 2. The Hall–Kier alpha value is -2.68. The highest BCUT2D eigenvalue weighted by molar-refractivity contribution is 5.68. The molecule has 2 heterocycles. The average molecular weight is 393 g/mol. The lowest BCUT2D eigenvalue weighted by atomic mass is 9.97. The molecule has 0 amide bonds. The highest BCUT2D eigenvalue weighted by atomic mass is 19.3. The number of halogens is 2. The van der Waals surface area contributed by atoms with E-state index in [1.807, 2.05) is 0 Å². The molecule has 1 aliphatic carbocycles. The van der Waals surface area contributed by atoms with E-state index in [4.69, 9.17) is 14.0 Å². The van der Waals surface area contributed by atoms with Crippen LogP contribution in [0.3, 0.4) is 0 Å². The molecule has 1 fully saturated rings. The summed E-state index contributed by atoms with van der Waals surface area (Å²) >= 11 is 0. The molecule has 0 radical (unpaired) electrons. The van der Waals surface area contributed by atoms with Gasteiger partial charge in [0.15, 0.2) is 17.1 Å². The van der Waals surface area contributed by atoms with Crippen molar-refractivity contribution in [2.75, 3.05) is 0 Å². The van der Waals surface area contributed by atoms with E-state index < -0.39 is 12.2 Å². The molecule has 1 unspecified atom stereocenters. The third-order valence-corrected chi connectivity index (χ3v) is 4.89. The van der Waals surface area contributed by atoms with E-state index in [-0.39, 0.29) is 11.9 Å². The first-order valence-corrected chi connectivity index (χ1v) is 9.23. The van der Waals surface area contributed by atoms with Gasteiger partial charge in [0.2, 0.25) is 6.39 Å². The molecule has 4 rings (SSSR count). The quantitative estimate of drug-likeness (QED) is 0.789. The molecule has 1 N–H and O–H groups in total. The van der Waals surface area contributed by atoms with Crippen LogP contribution >= 0.6 is 0 Å². The van der Waals surface area contributed by atoms with Crippen molar-refractivity contribution in [1.82, 2.24) is 15.7 Å². The zero-order chi connectivity index (χ0) is 19.6. The van der Waals surface area contributed by atoms with Crippen molar-refractivity contribution in [2.24, 2.45) is 0 Å². The van der Waals surface area contributed by atoms with Crippen LogP contribution in [0, 0.1) is 0 Å². The number of nitrogens with one attached hydrogen (secondary N) is 1. The summed E-state index contributed by atoms with van der Waals surface area (Å²) in [6, 6.07) is 4.81. The molecule has 1 aliphatic heterocycles. The lowest BCUT2D eigenvalue weighted by molar-refractivity contribution is -0.0523. The smallest absolute Gasteiger partial charge is 0.387 e. The van der Waals surface area contributed by atoms with Gasteiger partial charge in [-0.25, -0.2) is 0 Å². The SMILES string of the molecule is CC1(c2nnco2)C=C(c2ccc(OC(F)F)c(OC3CCCCC3)c2)NO1. The Bertz CT molecular complexity index is 838. The fourth-order valence-electron chi connectivity index (χ4n) is 3.46. The summed E-state index contributed by atoms with van der Waals surface area (Å²) < 4.78 is 41.5. The maximum Gasteiger partial charge on any atom is 0.387 e. The maximum absolute atomic E-state index is 12.8. The predicted molar refractivity (Wildman–Crippen MR) is 94.4 cm³/mol. The zero-order valence-electron chi connectivity index (χ0n) is 15.4. The Labute approximate surface area is 160 Å². The van der Waals surface area contributed by atoms with E-state index in [1.165, 1.54) is 18.9 Å². The molecule has 1 aromatic heterocycles. The highest BCUT2D eigenvalue weighted by Gasteiger charge is 2.37. The number of benzene rings is 1. The highest BCUT2D eigenvalue weighted by Crippen LogP contribution is 2.38. The molecule has 1 saturated carbocycles. The van der Waals surface area contributed by atoms with Crippen molar-refractivity contribution in [3.8, 4) is 11.5 Å². The van der Waals surface area contributed by atoms with E-state index in [1.54, 1.807) is 25.1 Å². The van der Waals surface area contributed by atoms with Crippen molar-refractivity contribution in [1.29, 1.82) is 0 Å². The largest absolute Gasteiger partial charge is 0.487 e. The summed E-state index contributed by atoms with van der Waals surface area (Å²) in [5, 5.41) is 7.55. The number of rotatable bonds is 6. The number of aromatic nitrogens is 2. The van der Waals surface area contributed by atoms with Crippen molar-refractivity contribution < 1.29 is 27.5 Å². The molecule has 2 aliphatic rings. The van der Waals surface area contributed by atoms with E-state index in [0.717, 1.165) is 25.7 Å². The standard InChI is InChI=1S/C19H21F2N3O4/c1-19(17-23-22-11-25-17)10-14(24-28-19)12-7-8-15(27-18(20)21)16(9-12)26-13-5-3-2-4-6-13/h7-11,13,18,24H,2-6H2,1H3. The van der Waals surface area contributed by atoms with E-state index in [2.05, 4.69) is 20.4 Å². The fraction of sp³-hybridized carbons (Fsp3) is 0.474. The summed E-state index contributed by atoms with van der Waals surface area (Å²) in [5.74, 6) is 0.605. The van der Waals surface area contributed by atoms with Gasteiger partial charge < -0.3 is 13.9 Å². The Morgan fingerprint density at radius 3 is 2.75 bits per heavy atom. The first kappa shape index (κ1) is 18.7. The van der Waals surface area contributed by atoms with Gasteiger partial charge in [-0.1, -0.05) is 6.42 Å². The first-order chi connectivity index (χ1) is 13.5. The Morgan fingerprint density at radius 2 is 2.04 bits per heavy atom. The number of hydrogen-bond acceptors (Lipinski definition) is 7. The summed E-state index contributed by atoms with van der Waals surface area (Å²) in [6.07, 6.45) is 8.11. The van der Waals surface area contributed by atoms with Crippen LogP contribution in [0.15, 0.2) is 35.1 Å². The van der Waals surface area contributed by atoms with Gasteiger partial charge in [-0.3, -0.25) is 10.3 Å². The number of hydrogen-bond donors (Lipinski definition) is 1. The average Bonchev–Trinajstić information content (AvgIpc) is 3.35. The van der Waals surface area contributed by atoms with Crippen LogP contribution in [0.2, 0.25) is 0 Å². The molecule has 1 atom stereocenters. The molecule has 2 aromatic rings. The van der Waals surface area contributed by atoms with Crippen LogP contribution in [-0.2, 0) is 10.4 Å². The molecule has 7 nitrogen and oxygen atoms in total. The van der Waals surface area contributed by atoms with Gasteiger partial charge in [-0.2, -0.15) is 8.78 Å². The molecular formula is C19H21F2N3O4. The lowest BCUT2D eigenvalue weighted by Crippen LogP contribution is -2.23. The van der Waals surface area contributed by atoms with Gasteiger partial charge >= 0.3 is 6.61 Å². The number of hydroxylamine groups is 1. The van der Waals surface area contributed by atoms with Gasteiger partial charge in [-0.15, -0.1) is 10.2 Å². The second-order valence-electron chi connectivity index (χ2n) is 7.03. The normalized spacial score (nSPS) is 22.8. The van der Waals surface area contributed by atoms with Gasteiger partial charge in [0.05, 0.1) is 11.8 Å².